The summed E-state index contributed by atoms with van der Waals surface area (Å²) in [5.74, 6) is -0.503. The molecular formula is C16H17FN2O3S. The van der Waals surface area contributed by atoms with Gasteiger partial charge in [-0.3, -0.25) is 4.79 Å². The predicted octanol–water partition coefficient (Wildman–Crippen LogP) is 1.72. The molecule has 0 spiro atoms. The molecule has 122 valence electrons. The second-order valence-electron chi connectivity index (χ2n) is 5.10. The SMILES string of the molecule is NS(=O)(=O)c1ccc(CCC(=O)NCc2cccc(F)c2)cc1. The second-order valence-corrected chi connectivity index (χ2v) is 6.66. The molecule has 0 unspecified atom stereocenters. The fourth-order valence-corrected chi connectivity index (χ4v) is 2.56. The number of amides is 1. The van der Waals surface area contributed by atoms with E-state index in [1.54, 1.807) is 24.3 Å². The van der Waals surface area contributed by atoms with Crippen molar-refractivity contribution in [3.8, 4) is 0 Å². The average Bonchev–Trinajstić information content (AvgIpc) is 2.50. The van der Waals surface area contributed by atoms with Crippen molar-refractivity contribution < 1.29 is 17.6 Å². The third-order valence-corrected chi connectivity index (χ3v) is 4.20. The van der Waals surface area contributed by atoms with Gasteiger partial charge in [-0.25, -0.2) is 17.9 Å². The van der Waals surface area contributed by atoms with E-state index in [0.717, 1.165) is 5.56 Å². The Morgan fingerprint density at radius 1 is 1.09 bits per heavy atom. The summed E-state index contributed by atoms with van der Waals surface area (Å²) in [4.78, 5) is 11.8. The molecule has 0 heterocycles. The fraction of sp³-hybridized carbons (Fsp3) is 0.188. The van der Waals surface area contributed by atoms with Crippen LogP contribution in [0.5, 0.6) is 0 Å². The number of rotatable bonds is 6. The number of halogens is 1. The molecule has 0 radical (unpaired) electrons. The first-order chi connectivity index (χ1) is 10.8. The van der Waals surface area contributed by atoms with Crippen LogP contribution in [0.1, 0.15) is 17.5 Å². The molecule has 3 N–H and O–H groups in total. The van der Waals surface area contributed by atoms with Gasteiger partial charge in [0.2, 0.25) is 15.9 Å². The molecule has 0 saturated heterocycles. The van der Waals surface area contributed by atoms with Crippen LogP contribution in [0.2, 0.25) is 0 Å². The zero-order valence-corrected chi connectivity index (χ0v) is 13.1. The van der Waals surface area contributed by atoms with Crippen molar-refractivity contribution in [3.63, 3.8) is 0 Å². The Bertz CT molecular complexity index is 789. The molecule has 0 saturated carbocycles. The van der Waals surface area contributed by atoms with Gasteiger partial charge in [-0.05, 0) is 41.8 Å². The molecule has 0 aliphatic rings. The van der Waals surface area contributed by atoms with Crippen LogP contribution in [0.4, 0.5) is 4.39 Å². The minimum atomic E-state index is -3.70. The third-order valence-electron chi connectivity index (χ3n) is 3.27. The molecular weight excluding hydrogens is 319 g/mol. The van der Waals surface area contributed by atoms with Gasteiger partial charge in [0.15, 0.2) is 0 Å². The smallest absolute Gasteiger partial charge is 0.238 e. The summed E-state index contributed by atoms with van der Waals surface area (Å²) in [6, 6.07) is 12.1. The maximum absolute atomic E-state index is 13.0. The van der Waals surface area contributed by atoms with Crippen LogP contribution in [0, 0.1) is 5.82 Å². The van der Waals surface area contributed by atoms with Gasteiger partial charge in [-0.2, -0.15) is 0 Å². The van der Waals surface area contributed by atoms with E-state index in [-0.39, 0.29) is 29.6 Å². The number of benzene rings is 2. The zero-order valence-electron chi connectivity index (χ0n) is 12.3. The van der Waals surface area contributed by atoms with Crippen LogP contribution >= 0.6 is 0 Å². The first kappa shape index (κ1) is 17.1. The number of carbonyl (C=O) groups is 1. The first-order valence-corrected chi connectivity index (χ1v) is 8.52. The Morgan fingerprint density at radius 3 is 2.39 bits per heavy atom. The normalized spacial score (nSPS) is 11.2. The summed E-state index contributed by atoms with van der Waals surface area (Å²) < 4.78 is 35.3. The predicted molar refractivity (Wildman–Crippen MR) is 84.4 cm³/mol. The van der Waals surface area contributed by atoms with E-state index < -0.39 is 10.0 Å². The number of hydrogen-bond donors (Lipinski definition) is 2. The van der Waals surface area contributed by atoms with Crippen LogP contribution in [-0.2, 0) is 27.8 Å². The first-order valence-electron chi connectivity index (χ1n) is 6.97. The number of nitrogens with one attached hydrogen (secondary N) is 1. The third kappa shape index (κ3) is 5.46. The van der Waals surface area contributed by atoms with Crippen LogP contribution in [0.15, 0.2) is 53.4 Å². The molecule has 0 atom stereocenters. The highest BCUT2D eigenvalue weighted by Gasteiger charge is 2.08. The maximum Gasteiger partial charge on any atom is 0.238 e. The number of aryl methyl sites for hydroxylation is 1. The molecule has 23 heavy (non-hydrogen) atoms. The van der Waals surface area contributed by atoms with Gasteiger partial charge >= 0.3 is 0 Å². The number of carbonyl (C=O) groups excluding carboxylic acids is 1. The van der Waals surface area contributed by atoms with Crippen LogP contribution in [-0.4, -0.2) is 14.3 Å². The number of nitrogens with two attached hydrogens (primary N) is 1. The number of hydrogen-bond acceptors (Lipinski definition) is 3. The molecule has 0 aromatic heterocycles. The van der Waals surface area contributed by atoms with Gasteiger partial charge in [0.1, 0.15) is 5.82 Å². The van der Waals surface area contributed by atoms with Gasteiger partial charge in [-0.15, -0.1) is 0 Å². The van der Waals surface area contributed by atoms with E-state index in [2.05, 4.69) is 5.32 Å². The lowest BCUT2D eigenvalue weighted by Gasteiger charge is -2.06. The van der Waals surface area contributed by atoms with Crippen LogP contribution in [0.25, 0.3) is 0 Å². The monoisotopic (exact) mass is 336 g/mol. The second kappa shape index (κ2) is 7.34. The lowest BCUT2D eigenvalue weighted by molar-refractivity contribution is -0.121. The minimum Gasteiger partial charge on any atom is -0.352 e. The topological polar surface area (TPSA) is 89.3 Å². The Labute approximate surface area is 134 Å². The van der Waals surface area contributed by atoms with Crippen molar-refractivity contribution in [3.05, 3.63) is 65.5 Å². The highest BCUT2D eigenvalue weighted by Crippen LogP contribution is 2.10. The Balaban J connectivity index is 1.82. The lowest BCUT2D eigenvalue weighted by Crippen LogP contribution is -2.23. The van der Waals surface area contributed by atoms with Crippen LogP contribution in [0.3, 0.4) is 0 Å². The standard InChI is InChI=1S/C16H17FN2O3S/c17-14-3-1-2-13(10-14)11-19-16(20)9-6-12-4-7-15(8-5-12)23(18,21)22/h1-5,7-8,10H,6,9,11H2,(H,19,20)(H2,18,21,22). The molecule has 1 amide bonds. The Morgan fingerprint density at radius 2 is 1.78 bits per heavy atom. The Kier molecular flexibility index (Phi) is 5.46. The van der Waals surface area contributed by atoms with Crippen molar-refractivity contribution in [1.82, 2.24) is 5.32 Å². The van der Waals surface area contributed by atoms with Crippen molar-refractivity contribution in [1.29, 1.82) is 0 Å². The quantitative estimate of drug-likeness (QED) is 0.842. The van der Waals surface area contributed by atoms with Crippen molar-refractivity contribution in [2.75, 3.05) is 0 Å². The largest absolute Gasteiger partial charge is 0.352 e. The van der Waals surface area contributed by atoms with E-state index in [1.165, 1.54) is 24.3 Å². The van der Waals surface area contributed by atoms with Crippen molar-refractivity contribution in [2.24, 2.45) is 5.14 Å². The molecule has 2 rings (SSSR count). The van der Waals surface area contributed by atoms with Gasteiger partial charge in [0, 0.05) is 13.0 Å². The summed E-state index contributed by atoms with van der Waals surface area (Å²) in [6.07, 6.45) is 0.726. The van der Waals surface area contributed by atoms with Gasteiger partial charge in [0.05, 0.1) is 4.90 Å². The molecule has 0 aliphatic carbocycles. The molecule has 0 aliphatic heterocycles. The van der Waals surface area contributed by atoms with Crippen molar-refractivity contribution in [2.45, 2.75) is 24.3 Å². The van der Waals surface area contributed by atoms with E-state index >= 15 is 0 Å². The molecule has 2 aromatic rings. The highest BCUT2D eigenvalue weighted by atomic mass is 32.2. The Hall–Kier alpha value is -2.25. The highest BCUT2D eigenvalue weighted by molar-refractivity contribution is 7.89. The average molecular weight is 336 g/mol. The van der Waals surface area contributed by atoms with E-state index in [9.17, 15) is 17.6 Å². The van der Waals surface area contributed by atoms with E-state index in [1.807, 2.05) is 0 Å². The molecule has 7 heteroatoms. The van der Waals surface area contributed by atoms with Crippen LogP contribution < -0.4 is 10.5 Å². The van der Waals surface area contributed by atoms with Crippen molar-refractivity contribution >= 4 is 15.9 Å². The van der Waals surface area contributed by atoms with Gasteiger partial charge in [-0.1, -0.05) is 24.3 Å². The number of primary sulfonamides is 1. The fourth-order valence-electron chi connectivity index (χ4n) is 2.04. The minimum absolute atomic E-state index is 0.0387. The number of sulfonamides is 1. The van der Waals surface area contributed by atoms with E-state index in [0.29, 0.717) is 12.0 Å². The molecule has 0 fully saturated rings. The summed E-state index contributed by atoms with van der Waals surface area (Å²) >= 11 is 0. The molecule has 2 aromatic carbocycles. The summed E-state index contributed by atoms with van der Waals surface area (Å²) in [6.45, 7) is 0.265. The molecule has 5 nitrogen and oxygen atoms in total. The summed E-state index contributed by atoms with van der Waals surface area (Å²) in [5.41, 5.74) is 1.52. The van der Waals surface area contributed by atoms with Gasteiger partial charge in [0.25, 0.3) is 0 Å². The zero-order chi connectivity index (χ0) is 16.9. The summed E-state index contributed by atoms with van der Waals surface area (Å²) in [7, 11) is -3.70. The lowest BCUT2D eigenvalue weighted by atomic mass is 10.1. The van der Waals surface area contributed by atoms with E-state index in [4.69, 9.17) is 5.14 Å². The summed E-state index contributed by atoms with van der Waals surface area (Å²) in [5, 5.41) is 7.73. The molecule has 0 bridgehead atoms. The maximum atomic E-state index is 13.0. The van der Waals surface area contributed by atoms with Gasteiger partial charge < -0.3 is 5.32 Å².